The Morgan fingerprint density at radius 1 is 1.71 bits per heavy atom. The van der Waals surface area contributed by atoms with Gasteiger partial charge in [-0.05, 0) is 0 Å². The van der Waals surface area contributed by atoms with Crippen molar-refractivity contribution in [3.8, 4) is 0 Å². The van der Waals surface area contributed by atoms with Crippen LogP contribution in [-0.2, 0) is 0 Å². The maximum absolute atomic E-state index is 3.38. The monoisotopic (exact) mass is 224 g/mol. The van der Waals surface area contributed by atoms with Crippen LogP contribution in [0.5, 0.6) is 0 Å². The summed E-state index contributed by atoms with van der Waals surface area (Å²) >= 11 is 4.03. The Morgan fingerprint density at radius 2 is 2.43 bits per heavy atom. The van der Waals surface area contributed by atoms with Gasteiger partial charge in [0.15, 0.2) is 0 Å². The topological polar surface area (TPSA) is 0 Å². The summed E-state index contributed by atoms with van der Waals surface area (Å²) in [5.41, 5.74) is 0. The molecule has 38 valence electrons. The van der Waals surface area contributed by atoms with E-state index in [1.165, 1.54) is 8.91 Å². The number of rotatable bonds is 0. The van der Waals surface area contributed by atoms with Gasteiger partial charge in [0, 0.05) is 0 Å². The molecule has 0 aliphatic rings. The van der Waals surface area contributed by atoms with Crippen LogP contribution >= 0.6 is 15.9 Å². The number of hydrogen-bond donors (Lipinski definition) is 0. The second kappa shape index (κ2) is 2.16. The average molecular weight is 224 g/mol. The van der Waals surface area contributed by atoms with Gasteiger partial charge in [-0.15, -0.1) is 0 Å². The first-order chi connectivity index (χ1) is 3.29. The Morgan fingerprint density at radius 3 is 2.57 bits per heavy atom. The zero-order valence-electron chi connectivity index (χ0n) is 3.94. The third kappa shape index (κ3) is 1.45. The van der Waals surface area contributed by atoms with E-state index in [4.69, 9.17) is 0 Å². The molecule has 1 aromatic rings. The Kier molecular flexibility index (Phi) is 1.74. The van der Waals surface area contributed by atoms with Gasteiger partial charge >= 0.3 is 57.3 Å². The molecule has 1 aromatic heterocycles. The van der Waals surface area contributed by atoms with Crippen molar-refractivity contribution in [3.05, 3.63) is 19.9 Å². The van der Waals surface area contributed by atoms with Gasteiger partial charge in [-0.25, -0.2) is 0 Å². The van der Waals surface area contributed by atoms with E-state index in [1.807, 2.05) is 0 Å². The normalized spacial score (nSPS) is 9.43. The summed E-state index contributed by atoms with van der Waals surface area (Å²) in [5.74, 6) is 0. The van der Waals surface area contributed by atoms with Crippen molar-refractivity contribution >= 4 is 30.4 Å². The van der Waals surface area contributed by atoms with E-state index < -0.39 is 0 Å². The van der Waals surface area contributed by atoms with Crippen molar-refractivity contribution < 1.29 is 0 Å². The summed E-state index contributed by atoms with van der Waals surface area (Å²) in [6, 6.07) is 2.17. The molecule has 0 saturated heterocycles. The van der Waals surface area contributed by atoms with Crippen molar-refractivity contribution in [2.24, 2.45) is 0 Å². The summed E-state index contributed by atoms with van der Waals surface area (Å²) < 4.78 is 2.75. The molecule has 2 heteroatoms. The van der Waals surface area contributed by atoms with E-state index in [-0.39, 0.29) is 0 Å². The molecule has 0 aliphatic carbocycles. The van der Waals surface area contributed by atoms with Crippen LogP contribution in [0, 0.1) is 6.92 Å². The fourth-order valence-electron chi connectivity index (χ4n) is 0.411. The van der Waals surface area contributed by atoms with E-state index in [2.05, 4.69) is 33.9 Å². The van der Waals surface area contributed by atoms with Crippen LogP contribution in [0.2, 0.25) is 0 Å². The molecule has 0 aliphatic heterocycles. The van der Waals surface area contributed by atoms with Crippen LogP contribution in [-0.4, -0.2) is 14.5 Å². The minimum absolute atomic E-state index is 0.652. The van der Waals surface area contributed by atoms with Crippen LogP contribution in [0.3, 0.4) is 0 Å². The number of hydrogen-bond acceptors (Lipinski definition) is 0. The molecule has 0 unspecified atom stereocenters. The van der Waals surface area contributed by atoms with Gasteiger partial charge in [-0.3, -0.25) is 0 Å². The first-order valence-electron chi connectivity index (χ1n) is 1.99. The maximum atomic E-state index is 3.38. The molecule has 0 fully saturated rings. The molecule has 0 nitrogen and oxygen atoms in total. The predicted octanol–water partition coefficient (Wildman–Crippen LogP) is 1.81. The van der Waals surface area contributed by atoms with E-state index in [9.17, 15) is 0 Å². The van der Waals surface area contributed by atoms with Crippen LogP contribution in [0.1, 0.15) is 4.44 Å². The van der Waals surface area contributed by atoms with Gasteiger partial charge < -0.3 is 0 Å². The standard InChI is InChI=1S/C5H5BrSe/c1-4-2-5(6)3-7-4/h2-3H,1H3. The third-order valence-electron chi connectivity index (χ3n) is 0.699. The molecule has 0 spiro atoms. The average Bonchev–Trinajstić information content (AvgIpc) is 1.87. The fourth-order valence-corrected chi connectivity index (χ4v) is 2.76. The van der Waals surface area contributed by atoms with E-state index in [0.717, 1.165) is 0 Å². The fraction of sp³-hybridized carbons (Fsp3) is 0.200. The van der Waals surface area contributed by atoms with Gasteiger partial charge in [0.2, 0.25) is 0 Å². The molecule has 0 aromatic carbocycles. The van der Waals surface area contributed by atoms with Gasteiger partial charge in [0.1, 0.15) is 0 Å². The molecule has 0 atom stereocenters. The quantitative estimate of drug-likeness (QED) is 0.589. The van der Waals surface area contributed by atoms with Crippen molar-refractivity contribution in [1.29, 1.82) is 0 Å². The number of aryl methyl sites for hydroxylation is 1. The Labute approximate surface area is 57.4 Å². The predicted molar refractivity (Wildman–Crippen MR) is 35.8 cm³/mol. The molecule has 0 amide bonds. The summed E-state index contributed by atoms with van der Waals surface area (Å²) in [7, 11) is 0. The third-order valence-corrected chi connectivity index (χ3v) is 3.65. The van der Waals surface area contributed by atoms with Crippen molar-refractivity contribution in [2.75, 3.05) is 0 Å². The Hall–Kier alpha value is 0.479. The van der Waals surface area contributed by atoms with Crippen LogP contribution in [0.25, 0.3) is 0 Å². The van der Waals surface area contributed by atoms with E-state index in [0.29, 0.717) is 14.5 Å². The van der Waals surface area contributed by atoms with E-state index in [1.54, 1.807) is 0 Å². The van der Waals surface area contributed by atoms with Crippen LogP contribution in [0.4, 0.5) is 0 Å². The molecule has 0 radical (unpaired) electrons. The van der Waals surface area contributed by atoms with Crippen LogP contribution in [0.15, 0.2) is 15.5 Å². The minimum atomic E-state index is 0.652. The van der Waals surface area contributed by atoms with Crippen LogP contribution < -0.4 is 0 Å². The molecule has 1 rings (SSSR count). The molecular weight excluding hydrogens is 219 g/mol. The molecule has 1 heterocycles. The van der Waals surface area contributed by atoms with Gasteiger partial charge in [-0.1, -0.05) is 0 Å². The van der Waals surface area contributed by atoms with Gasteiger partial charge in [0.05, 0.1) is 0 Å². The van der Waals surface area contributed by atoms with Crippen molar-refractivity contribution in [1.82, 2.24) is 0 Å². The summed E-state index contributed by atoms with van der Waals surface area (Å²) in [6.45, 7) is 2.16. The second-order valence-electron chi connectivity index (χ2n) is 1.38. The molecule has 7 heavy (non-hydrogen) atoms. The SMILES string of the molecule is Cc1cc(Br)c[se]1. The first-order valence-corrected chi connectivity index (χ1v) is 4.63. The summed E-state index contributed by atoms with van der Waals surface area (Å²) in [5, 5.41) is 0. The molecular formula is C5H5BrSe. The second-order valence-corrected chi connectivity index (χ2v) is 4.63. The zero-order valence-corrected chi connectivity index (χ0v) is 7.24. The van der Waals surface area contributed by atoms with Gasteiger partial charge in [0.25, 0.3) is 0 Å². The molecule has 0 bridgehead atoms. The number of halogens is 1. The molecule has 0 saturated carbocycles. The first kappa shape index (κ1) is 5.61. The van der Waals surface area contributed by atoms with Crippen molar-refractivity contribution in [2.45, 2.75) is 6.92 Å². The Balaban J connectivity index is 3.04. The van der Waals surface area contributed by atoms with Crippen molar-refractivity contribution in [3.63, 3.8) is 0 Å². The van der Waals surface area contributed by atoms with E-state index >= 15 is 0 Å². The zero-order chi connectivity index (χ0) is 5.28. The summed E-state index contributed by atoms with van der Waals surface area (Å²) in [6.07, 6.45) is 0. The molecule has 0 N–H and O–H groups in total. The summed E-state index contributed by atoms with van der Waals surface area (Å²) in [4.78, 5) is 2.22. The Bertz CT molecular complexity index is 140. The van der Waals surface area contributed by atoms with Gasteiger partial charge in [-0.2, -0.15) is 0 Å².